The van der Waals surface area contributed by atoms with Crippen LogP contribution in [0.15, 0.2) is 42.6 Å². The van der Waals surface area contributed by atoms with Gasteiger partial charge in [0.2, 0.25) is 0 Å². The summed E-state index contributed by atoms with van der Waals surface area (Å²) in [6.45, 7) is 4.65. The number of halogens is 1. The molecular formula is C27H29ClN2O3. The minimum atomic E-state index is -0.0964. The van der Waals surface area contributed by atoms with Crippen molar-refractivity contribution in [3.8, 4) is 11.5 Å². The van der Waals surface area contributed by atoms with Crippen molar-refractivity contribution in [1.29, 1.82) is 0 Å². The van der Waals surface area contributed by atoms with Gasteiger partial charge >= 0.3 is 0 Å². The molecule has 4 rings (SSSR count). The summed E-state index contributed by atoms with van der Waals surface area (Å²) in [6, 6.07) is 10.9. The number of hydrogen-bond acceptors (Lipinski definition) is 4. The van der Waals surface area contributed by atoms with Crippen LogP contribution in [-0.4, -0.2) is 23.2 Å². The number of aromatic nitrogens is 1. The van der Waals surface area contributed by atoms with Crippen LogP contribution in [0.25, 0.3) is 10.9 Å². The number of fused-ring (bicyclic) bond motifs is 1. The Labute approximate surface area is 199 Å². The lowest BCUT2D eigenvalue weighted by atomic mass is 10.0. The summed E-state index contributed by atoms with van der Waals surface area (Å²) in [5, 5.41) is 4.24. The van der Waals surface area contributed by atoms with Gasteiger partial charge in [0.15, 0.2) is 0 Å². The van der Waals surface area contributed by atoms with Gasteiger partial charge in [0.25, 0.3) is 5.91 Å². The number of nitrogens with zero attached hydrogens (tertiary/aromatic N) is 1. The lowest BCUT2D eigenvalue weighted by Gasteiger charge is -2.13. The predicted octanol–water partition coefficient (Wildman–Crippen LogP) is 6.43. The SMILES string of the molecule is CCCCNC(=O)c1cc2c(Oc3ccc(CC(=O)CC4CC4)c(Cl)c3)ccnc2cc1C. The molecule has 1 aliphatic rings. The molecule has 33 heavy (non-hydrogen) atoms. The van der Waals surface area contributed by atoms with Crippen LogP contribution in [0.4, 0.5) is 0 Å². The van der Waals surface area contributed by atoms with Crippen LogP contribution in [0.5, 0.6) is 11.5 Å². The molecule has 2 aromatic carbocycles. The van der Waals surface area contributed by atoms with Crippen molar-refractivity contribution in [2.45, 2.75) is 52.4 Å². The summed E-state index contributed by atoms with van der Waals surface area (Å²) in [5.41, 5.74) is 3.04. The number of Topliss-reactive ketones (excluding diaryl/α,β-unsaturated/α-hetero) is 1. The third-order valence-corrected chi connectivity index (χ3v) is 6.31. The van der Waals surface area contributed by atoms with E-state index >= 15 is 0 Å². The summed E-state index contributed by atoms with van der Waals surface area (Å²) in [7, 11) is 0. The summed E-state index contributed by atoms with van der Waals surface area (Å²) in [4.78, 5) is 29.3. The normalized spacial score (nSPS) is 13.2. The fourth-order valence-electron chi connectivity index (χ4n) is 3.87. The fourth-order valence-corrected chi connectivity index (χ4v) is 4.11. The zero-order valence-corrected chi connectivity index (χ0v) is 19.9. The zero-order valence-electron chi connectivity index (χ0n) is 19.1. The van der Waals surface area contributed by atoms with Crippen molar-refractivity contribution >= 4 is 34.2 Å². The van der Waals surface area contributed by atoms with Gasteiger partial charge in [-0.05, 0) is 73.6 Å². The molecule has 0 aliphatic heterocycles. The number of carbonyl (C=O) groups is 2. The van der Waals surface area contributed by atoms with Crippen molar-refractivity contribution in [3.63, 3.8) is 0 Å². The van der Waals surface area contributed by atoms with Crippen molar-refractivity contribution in [1.82, 2.24) is 10.3 Å². The van der Waals surface area contributed by atoms with E-state index in [0.29, 0.717) is 47.4 Å². The molecule has 0 bridgehead atoms. The standard InChI is InChI=1S/C27H29ClN2O3/c1-3-4-10-30-27(32)22-16-23-25(12-17(22)2)29-11-9-26(23)33-21-8-7-19(24(28)15-21)14-20(31)13-18-5-6-18/h7-9,11-12,15-16,18H,3-6,10,13-14H2,1-2H3,(H,30,32). The number of amides is 1. The molecule has 1 aliphatic carbocycles. The summed E-state index contributed by atoms with van der Waals surface area (Å²) in [6.07, 6.45) is 6.97. The first kappa shape index (κ1) is 23.2. The van der Waals surface area contributed by atoms with Crippen molar-refractivity contribution in [2.24, 2.45) is 5.92 Å². The maximum atomic E-state index is 12.7. The number of nitrogens with one attached hydrogen (secondary N) is 1. The van der Waals surface area contributed by atoms with Gasteiger partial charge < -0.3 is 10.1 Å². The highest BCUT2D eigenvalue weighted by Gasteiger charge is 2.24. The number of ketones is 1. The van der Waals surface area contributed by atoms with E-state index in [1.807, 2.05) is 31.2 Å². The highest BCUT2D eigenvalue weighted by Crippen LogP contribution is 2.35. The van der Waals surface area contributed by atoms with Crippen LogP contribution in [0, 0.1) is 12.8 Å². The number of ether oxygens (including phenoxy) is 1. The first-order valence-electron chi connectivity index (χ1n) is 11.6. The molecule has 0 saturated heterocycles. The second-order valence-corrected chi connectivity index (χ2v) is 9.23. The minimum Gasteiger partial charge on any atom is -0.457 e. The van der Waals surface area contributed by atoms with Crippen molar-refractivity contribution < 1.29 is 14.3 Å². The van der Waals surface area contributed by atoms with Crippen molar-refractivity contribution in [3.05, 3.63) is 64.3 Å². The van der Waals surface area contributed by atoms with Crippen LogP contribution < -0.4 is 10.1 Å². The van der Waals surface area contributed by atoms with E-state index in [1.54, 1.807) is 18.3 Å². The molecule has 0 atom stereocenters. The molecule has 1 saturated carbocycles. The molecule has 0 unspecified atom stereocenters. The summed E-state index contributed by atoms with van der Waals surface area (Å²) < 4.78 is 6.14. The smallest absolute Gasteiger partial charge is 0.251 e. The van der Waals surface area contributed by atoms with E-state index in [-0.39, 0.29) is 11.7 Å². The second-order valence-electron chi connectivity index (χ2n) is 8.82. The van der Waals surface area contributed by atoms with Crippen LogP contribution >= 0.6 is 11.6 Å². The Morgan fingerprint density at radius 3 is 2.73 bits per heavy atom. The fraction of sp³-hybridized carbons (Fsp3) is 0.370. The average Bonchev–Trinajstić information content (AvgIpc) is 3.59. The zero-order chi connectivity index (χ0) is 23.4. The Kier molecular flexibility index (Phi) is 7.29. The number of benzene rings is 2. The minimum absolute atomic E-state index is 0.0964. The maximum Gasteiger partial charge on any atom is 0.251 e. The van der Waals surface area contributed by atoms with Crippen molar-refractivity contribution in [2.75, 3.05) is 6.54 Å². The third kappa shape index (κ3) is 5.91. The molecular weight excluding hydrogens is 436 g/mol. The Morgan fingerprint density at radius 1 is 1.18 bits per heavy atom. The summed E-state index contributed by atoms with van der Waals surface area (Å²) in [5.74, 6) is 1.87. The Balaban J connectivity index is 1.55. The molecule has 0 radical (unpaired) electrons. The molecule has 1 aromatic heterocycles. The van der Waals surface area contributed by atoms with Gasteiger partial charge in [0, 0.05) is 41.6 Å². The van der Waals surface area contributed by atoms with E-state index in [2.05, 4.69) is 17.2 Å². The lowest BCUT2D eigenvalue weighted by molar-refractivity contribution is -0.118. The third-order valence-electron chi connectivity index (χ3n) is 5.96. The van der Waals surface area contributed by atoms with Crippen LogP contribution in [0.2, 0.25) is 5.02 Å². The maximum absolute atomic E-state index is 12.7. The highest BCUT2D eigenvalue weighted by molar-refractivity contribution is 6.31. The van der Waals surface area contributed by atoms with Gasteiger partial charge in [-0.1, -0.05) is 31.0 Å². The Bertz CT molecular complexity index is 1190. The van der Waals surface area contributed by atoms with Crippen LogP contribution in [0.3, 0.4) is 0 Å². The number of pyridine rings is 1. The van der Waals surface area contributed by atoms with Crippen LogP contribution in [-0.2, 0) is 11.2 Å². The number of unbranched alkanes of at least 4 members (excludes halogenated alkanes) is 1. The largest absolute Gasteiger partial charge is 0.457 e. The molecule has 0 spiro atoms. The molecule has 172 valence electrons. The Morgan fingerprint density at radius 2 is 2.00 bits per heavy atom. The predicted molar refractivity (Wildman–Crippen MR) is 131 cm³/mol. The van der Waals surface area contributed by atoms with E-state index in [1.165, 1.54) is 0 Å². The number of hydrogen-bond donors (Lipinski definition) is 1. The second kappa shape index (κ2) is 10.3. The quantitative estimate of drug-likeness (QED) is 0.351. The number of rotatable bonds is 10. The van der Waals surface area contributed by atoms with Gasteiger partial charge in [-0.25, -0.2) is 0 Å². The summed E-state index contributed by atoms with van der Waals surface area (Å²) >= 11 is 6.46. The first-order valence-corrected chi connectivity index (χ1v) is 12.0. The molecule has 1 amide bonds. The monoisotopic (exact) mass is 464 g/mol. The molecule has 1 heterocycles. The van der Waals surface area contributed by atoms with Gasteiger partial charge in [0.1, 0.15) is 17.3 Å². The van der Waals surface area contributed by atoms with Crippen LogP contribution in [0.1, 0.15) is 60.5 Å². The topological polar surface area (TPSA) is 68.3 Å². The van der Waals surface area contributed by atoms with Gasteiger partial charge in [-0.2, -0.15) is 0 Å². The number of aryl methyl sites for hydroxylation is 1. The van der Waals surface area contributed by atoms with Gasteiger partial charge in [-0.15, -0.1) is 0 Å². The van der Waals surface area contributed by atoms with E-state index in [0.717, 1.165) is 47.7 Å². The van der Waals surface area contributed by atoms with E-state index in [9.17, 15) is 9.59 Å². The Hall–Kier alpha value is -2.92. The van der Waals surface area contributed by atoms with Gasteiger partial charge in [0.05, 0.1) is 5.52 Å². The number of carbonyl (C=O) groups excluding carboxylic acids is 2. The molecule has 1 fully saturated rings. The highest BCUT2D eigenvalue weighted by atomic mass is 35.5. The van der Waals surface area contributed by atoms with E-state index in [4.69, 9.17) is 16.3 Å². The lowest BCUT2D eigenvalue weighted by Crippen LogP contribution is -2.25. The molecule has 6 heteroatoms. The molecule has 3 aromatic rings. The average molecular weight is 465 g/mol. The molecule has 1 N–H and O–H groups in total. The van der Waals surface area contributed by atoms with E-state index < -0.39 is 0 Å². The van der Waals surface area contributed by atoms with Gasteiger partial charge in [-0.3, -0.25) is 14.6 Å². The first-order chi connectivity index (χ1) is 15.9. The molecule has 5 nitrogen and oxygen atoms in total.